The minimum Gasteiger partial charge on any atom is -0.394 e. The molecule has 1 saturated heterocycles. The van der Waals surface area contributed by atoms with Crippen LogP contribution >= 0.6 is 0 Å². The van der Waals surface area contributed by atoms with Gasteiger partial charge in [-0.15, -0.1) is 0 Å². The summed E-state index contributed by atoms with van der Waals surface area (Å²) in [5.41, 5.74) is 0.0530. The van der Waals surface area contributed by atoms with Crippen LogP contribution in [0.2, 0.25) is 0 Å². The molecule has 2 rings (SSSR count). The highest BCUT2D eigenvalue weighted by Crippen LogP contribution is 2.61. The quantitative estimate of drug-likeness (QED) is 0.450. The Morgan fingerprint density at radius 3 is 1.66 bits per heavy atom. The minimum atomic E-state index is -8.21. The molecule has 18 heteroatoms. The van der Waals surface area contributed by atoms with Crippen LogP contribution in [0.4, 0.5) is 62.8 Å². The lowest BCUT2D eigenvalue weighted by Crippen LogP contribution is -2.71. The topological polar surface area (TPSA) is 57.6 Å². The van der Waals surface area contributed by atoms with Gasteiger partial charge in [0.2, 0.25) is 9.84 Å². The van der Waals surface area contributed by atoms with Gasteiger partial charge in [0.1, 0.15) is 0 Å². The summed E-state index contributed by atoms with van der Waals surface area (Å²) in [4.78, 5) is -0.413. The maximum absolute atomic E-state index is 14.2. The highest BCUT2D eigenvalue weighted by molar-refractivity contribution is 7.92. The molecule has 1 unspecified atom stereocenters. The normalized spacial score (nSPS) is 19.4. The molecule has 0 saturated carbocycles. The Kier molecular flexibility index (Phi) is 7.15. The van der Waals surface area contributed by atoms with Crippen LogP contribution in [0.15, 0.2) is 29.2 Å². The van der Waals surface area contributed by atoms with Gasteiger partial charge in [-0.05, 0) is 37.1 Å². The molecule has 0 bridgehead atoms. The summed E-state index contributed by atoms with van der Waals surface area (Å²) < 4.78 is 196. The van der Waals surface area contributed by atoms with E-state index in [4.69, 9.17) is 0 Å². The third-order valence-electron chi connectivity index (χ3n) is 5.31. The van der Waals surface area contributed by atoms with E-state index in [-0.39, 0.29) is 24.4 Å². The average molecular weight is 559 g/mol. The summed E-state index contributed by atoms with van der Waals surface area (Å²) in [6, 6.07) is 1.31. The fourth-order valence-electron chi connectivity index (χ4n) is 3.25. The van der Waals surface area contributed by atoms with Crippen molar-refractivity contribution < 1.29 is 70.6 Å². The number of aliphatic hydroxyl groups excluding tert-OH is 1. The summed E-state index contributed by atoms with van der Waals surface area (Å²) >= 11 is 0. The Bertz CT molecular complexity index is 1020. The maximum Gasteiger partial charge on any atom is 0.460 e. The highest BCUT2D eigenvalue weighted by Gasteiger charge is 2.92. The molecule has 1 atom stereocenters. The lowest BCUT2D eigenvalue weighted by Gasteiger charge is -2.39. The standard InChI is InChI=1S/C17H14F13NO3S/c18-12(19,14(22,23)16(26,27)28)13(20,21)15(24,25)17(29,30)35(33,34)11-5-3-9(4-6-11)31-7-1-2-10(31)8-32/h3-6,10,32H,1-2,7-8H2. The highest BCUT2D eigenvalue weighted by atomic mass is 32.2. The van der Waals surface area contributed by atoms with Gasteiger partial charge in [0.15, 0.2) is 0 Å². The van der Waals surface area contributed by atoms with Crippen LogP contribution in [0.3, 0.4) is 0 Å². The van der Waals surface area contributed by atoms with E-state index in [0.717, 1.165) is 12.1 Å². The van der Waals surface area contributed by atoms with E-state index in [2.05, 4.69) is 0 Å². The fourth-order valence-corrected chi connectivity index (χ4v) is 4.51. The number of aliphatic hydroxyl groups is 1. The van der Waals surface area contributed by atoms with Crippen LogP contribution < -0.4 is 4.90 Å². The van der Waals surface area contributed by atoms with Gasteiger partial charge in [0, 0.05) is 12.2 Å². The molecule has 1 fully saturated rings. The summed E-state index contributed by atoms with van der Waals surface area (Å²) in [5, 5.41) is 1.97. The Labute approximate surface area is 188 Å². The molecule has 1 aromatic carbocycles. The van der Waals surface area contributed by atoms with Gasteiger partial charge in [-0.1, -0.05) is 0 Å². The second-order valence-corrected chi connectivity index (χ2v) is 9.47. The number of rotatable bonds is 8. The Balaban J connectivity index is 2.52. The van der Waals surface area contributed by atoms with Crippen LogP contribution in [0.25, 0.3) is 0 Å². The zero-order valence-electron chi connectivity index (χ0n) is 16.7. The van der Waals surface area contributed by atoms with Gasteiger partial charge in [-0.25, -0.2) is 8.42 Å². The maximum atomic E-state index is 14.2. The summed E-state index contributed by atoms with van der Waals surface area (Å²) in [6.45, 7) is -0.115. The van der Waals surface area contributed by atoms with E-state index >= 15 is 0 Å². The van der Waals surface area contributed by atoms with Crippen molar-refractivity contribution in [2.24, 2.45) is 0 Å². The molecule has 1 aromatic rings. The van der Waals surface area contributed by atoms with Crippen LogP contribution in [-0.4, -0.2) is 67.8 Å². The molecule has 4 nitrogen and oxygen atoms in total. The van der Waals surface area contributed by atoms with E-state index in [1.165, 1.54) is 4.90 Å². The van der Waals surface area contributed by atoms with E-state index in [1.54, 1.807) is 0 Å². The average Bonchev–Trinajstić information content (AvgIpc) is 3.21. The van der Waals surface area contributed by atoms with Crippen molar-refractivity contribution in [3.8, 4) is 0 Å². The van der Waals surface area contributed by atoms with Crippen molar-refractivity contribution in [1.29, 1.82) is 0 Å². The van der Waals surface area contributed by atoms with Gasteiger partial charge in [0.25, 0.3) is 0 Å². The Morgan fingerprint density at radius 2 is 1.23 bits per heavy atom. The summed E-state index contributed by atoms with van der Waals surface area (Å²) in [7, 11) is -7.07. The lowest BCUT2D eigenvalue weighted by atomic mass is 9.98. The first-order chi connectivity index (χ1) is 15.5. The first-order valence-electron chi connectivity index (χ1n) is 9.20. The zero-order valence-corrected chi connectivity index (χ0v) is 17.6. The third-order valence-corrected chi connectivity index (χ3v) is 7.13. The lowest BCUT2D eigenvalue weighted by molar-refractivity contribution is -0.433. The summed E-state index contributed by atoms with van der Waals surface area (Å²) in [6.07, 6.45) is -6.61. The number of nitrogens with zero attached hydrogens (tertiary/aromatic N) is 1. The molecule has 0 amide bonds. The first-order valence-corrected chi connectivity index (χ1v) is 10.7. The van der Waals surface area contributed by atoms with Gasteiger partial charge in [-0.3, -0.25) is 0 Å². The van der Waals surface area contributed by atoms with Gasteiger partial charge in [-0.2, -0.15) is 57.1 Å². The van der Waals surface area contributed by atoms with Crippen LogP contribution in [0, 0.1) is 0 Å². The molecule has 202 valence electrons. The van der Waals surface area contributed by atoms with Crippen molar-refractivity contribution in [2.45, 2.75) is 58.9 Å². The number of halogens is 13. The van der Waals surface area contributed by atoms with Crippen LogP contribution in [0.1, 0.15) is 12.8 Å². The van der Waals surface area contributed by atoms with Crippen molar-refractivity contribution in [2.75, 3.05) is 18.1 Å². The van der Waals surface area contributed by atoms with Crippen LogP contribution in [-0.2, 0) is 9.84 Å². The van der Waals surface area contributed by atoms with Crippen molar-refractivity contribution in [3.63, 3.8) is 0 Å². The fraction of sp³-hybridized carbons (Fsp3) is 0.647. The molecular formula is C17H14F13NO3S. The number of benzene rings is 1. The summed E-state index contributed by atoms with van der Waals surface area (Å²) in [5.74, 6) is -32.3. The third kappa shape index (κ3) is 4.09. The number of hydrogen-bond donors (Lipinski definition) is 1. The predicted octanol–water partition coefficient (Wildman–Crippen LogP) is 5.12. The van der Waals surface area contributed by atoms with Crippen molar-refractivity contribution >= 4 is 15.5 Å². The molecule has 1 heterocycles. The van der Waals surface area contributed by atoms with E-state index in [1.807, 2.05) is 0 Å². The van der Waals surface area contributed by atoms with E-state index in [0.29, 0.717) is 12.8 Å². The Morgan fingerprint density at radius 1 is 0.771 bits per heavy atom. The largest absolute Gasteiger partial charge is 0.460 e. The minimum absolute atomic E-state index is 0.0530. The number of anilines is 1. The number of sulfone groups is 1. The molecule has 1 N–H and O–H groups in total. The molecule has 0 aliphatic carbocycles. The molecule has 0 spiro atoms. The number of alkyl halides is 13. The van der Waals surface area contributed by atoms with E-state index in [9.17, 15) is 70.6 Å². The Hall–Kier alpha value is -1.98. The SMILES string of the molecule is O=S(=O)(c1ccc(N2CCCC2CO)cc1)C(F)(F)C(F)(F)C(F)(F)C(F)(F)C(F)(F)C(F)(F)F. The molecule has 0 aromatic heterocycles. The smallest absolute Gasteiger partial charge is 0.394 e. The predicted molar refractivity (Wildman–Crippen MR) is 91.9 cm³/mol. The number of hydrogen-bond acceptors (Lipinski definition) is 4. The second kappa shape index (κ2) is 8.55. The monoisotopic (exact) mass is 559 g/mol. The molecule has 35 heavy (non-hydrogen) atoms. The van der Waals surface area contributed by atoms with Crippen molar-refractivity contribution in [3.05, 3.63) is 24.3 Å². The molecular weight excluding hydrogens is 545 g/mol. The first kappa shape index (κ1) is 29.3. The molecule has 1 aliphatic rings. The molecule has 0 radical (unpaired) electrons. The van der Waals surface area contributed by atoms with Gasteiger partial charge in [0.05, 0.1) is 17.5 Å². The van der Waals surface area contributed by atoms with E-state index < -0.39 is 62.5 Å². The zero-order chi connectivity index (χ0) is 27.5. The molecule has 1 aliphatic heterocycles. The van der Waals surface area contributed by atoms with Gasteiger partial charge >= 0.3 is 35.1 Å². The second-order valence-electron chi connectivity index (χ2n) is 7.48. The van der Waals surface area contributed by atoms with Gasteiger partial charge < -0.3 is 10.0 Å². The van der Waals surface area contributed by atoms with Crippen molar-refractivity contribution in [1.82, 2.24) is 0 Å². The van der Waals surface area contributed by atoms with Crippen LogP contribution in [0.5, 0.6) is 0 Å².